The maximum atomic E-state index is 5.36. The van der Waals surface area contributed by atoms with Crippen molar-refractivity contribution < 1.29 is 0 Å². The highest BCUT2D eigenvalue weighted by Gasteiger charge is 1.90. The molecule has 3 aromatic rings. The minimum atomic E-state index is 0.775. The highest BCUT2D eigenvalue weighted by Crippen LogP contribution is 2.01. The lowest BCUT2D eigenvalue weighted by molar-refractivity contribution is 0.891. The van der Waals surface area contributed by atoms with Crippen LogP contribution < -0.4 is 5.73 Å². The number of nitrogens with two attached hydrogens (primary N) is 1. The molecule has 1 aromatic carbocycles. The Kier molecular flexibility index (Phi) is 3.54. The molecule has 2 aromatic heterocycles. The smallest absolute Gasteiger partial charge is 0.115 e. The molecular weight excluding hydrogens is 214 g/mol. The Labute approximate surface area is 98.3 Å². The lowest BCUT2D eigenvalue weighted by Gasteiger charge is -1.88. The summed E-state index contributed by atoms with van der Waals surface area (Å²) in [6.07, 6.45) is 3.29. The van der Waals surface area contributed by atoms with E-state index >= 15 is 0 Å². The molecule has 84 valence electrons. The molecule has 0 aliphatic heterocycles. The van der Waals surface area contributed by atoms with Crippen molar-refractivity contribution in [2.45, 2.75) is 0 Å². The first-order valence-corrected chi connectivity index (χ1v) is 5.06. The van der Waals surface area contributed by atoms with E-state index in [9.17, 15) is 0 Å². The van der Waals surface area contributed by atoms with Crippen LogP contribution in [0.15, 0.2) is 54.9 Å². The first kappa shape index (κ1) is 10.9. The first-order chi connectivity index (χ1) is 8.36. The Bertz CT molecular complexity index is 517. The molecule has 17 heavy (non-hydrogen) atoms. The molecule has 0 saturated carbocycles. The third-order valence-corrected chi connectivity index (χ3v) is 2.00. The average molecular weight is 225 g/mol. The molecule has 0 aliphatic carbocycles. The van der Waals surface area contributed by atoms with Crippen LogP contribution in [0.5, 0.6) is 0 Å². The summed E-state index contributed by atoms with van der Waals surface area (Å²) in [5.41, 5.74) is 7.73. The van der Waals surface area contributed by atoms with Gasteiger partial charge in [-0.05, 0) is 29.5 Å². The molecule has 5 heteroatoms. The lowest BCUT2D eigenvalue weighted by atomic mass is 10.3. The fourth-order valence-electron chi connectivity index (χ4n) is 1.20. The molecule has 0 amide bonds. The number of aromatic nitrogens is 4. The Hall–Kier alpha value is -2.56. The van der Waals surface area contributed by atoms with E-state index in [1.165, 1.54) is 0 Å². The van der Waals surface area contributed by atoms with E-state index < -0.39 is 0 Å². The van der Waals surface area contributed by atoms with E-state index in [4.69, 9.17) is 5.73 Å². The van der Waals surface area contributed by atoms with Crippen LogP contribution in [0.25, 0.3) is 11.0 Å². The monoisotopic (exact) mass is 225 g/mol. The average Bonchev–Trinajstić information content (AvgIpc) is 2.41. The van der Waals surface area contributed by atoms with Crippen molar-refractivity contribution in [3.8, 4) is 0 Å². The number of rotatable bonds is 0. The summed E-state index contributed by atoms with van der Waals surface area (Å²) in [5.74, 6) is 0. The number of para-hydroxylation sites is 1. The van der Waals surface area contributed by atoms with E-state index in [0.717, 1.165) is 16.7 Å². The van der Waals surface area contributed by atoms with Crippen molar-refractivity contribution in [3.63, 3.8) is 0 Å². The Balaban J connectivity index is 0.000000136. The second kappa shape index (κ2) is 5.50. The van der Waals surface area contributed by atoms with E-state index in [1.54, 1.807) is 12.4 Å². The van der Waals surface area contributed by atoms with Crippen molar-refractivity contribution in [2.75, 3.05) is 5.73 Å². The molecule has 0 aliphatic rings. The second-order valence-electron chi connectivity index (χ2n) is 3.25. The number of nitrogen functional groups attached to an aromatic ring is 1. The number of hydrogen-bond acceptors (Lipinski definition) is 5. The van der Waals surface area contributed by atoms with Crippen LogP contribution >= 0.6 is 0 Å². The fraction of sp³-hybridized carbons (Fsp3) is 0. The van der Waals surface area contributed by atoms with E-state index in [-0.39, 0.29) is 0 Å². The molecule has 5 nitrogen and oxygen atoms in total. The molecule has 0 fully saturated rings. The van der Waals surface area contributed by atoms with Gasteiger partial charge < -0.3 is 5.73 Å². The van der Waals surface area contributed by atoms with E-state index in [1.807, 2.05) is 42.5 Å². The molecule has 2 heterocycles. The number of anilines is 1. The van der Waals surface area contributed by atoms with Crippen molar-refractivity contribution in [1.29, 1.82) is 0 Å². The number of benzene rings is 1. The minimum absolute atomic E-state index is 0.775. The van der Waals surface area contributed by atoms with Gasteiger partial charge in [-0.1, -0.05) is 18.2 Å². The van der Waals surface area contributed by atoms with Gasteiger partial charge >= 0.3 is 0 Å². The maximum absolute atomic E-state index is 5.36. The number of fused-ring (bicyclic) bond motifs is 1. The Morgan fingerprint density at radius 2 is 1.71 bits per heavy atom. The predicted molar refractivity (Wildman–Crippen MR) is 66.0 cm³/mol. The lowest BCUT2D eigenvalue weighted by Crippen LogP contribution is -1.87. The molecule has 0 spiro atoms. The number of pyridine rings is 1. The van der Waals surface area contributed by atoms with Crippen LogP contribution in [0.1, 0.15) is 0 Å². The van der Waals surface area contributed by atoms with Gasteiger partial charge in [0.15, 0.2) is 0 Å². The maximum Gasteiger partial charge on any atom is 0.115 e. The molecule has 0 unspecified atom stereocenters. The Morgan fingerprint density at radius 1 is 0.882 bits per heavy atom. The van der Waals surface area contributed by atoms with Gasteiger partial charge in [0.1, 0.15) is 11.0 Å². The van der Waals surface area contributed by atoms with Crippen LogP contribution in [-0.4, -0.2) is 20.4 Å². The standard InChI is InChI=1S/C6H4N4.C6H7N/c1-2-5-6(7-3-1)4-8-10-9-5;7-6-4-2-1-3-5-6/h1-4H;1-5H,7H2. The number of hydrogen-bond donors (Lipinski definition) is 1. The van der Waals surface area contributed by atoms with Gasteiger partial charge in [-0.2, -0.15) is 0 Å². The van der Waals surface area contributed by atoms with Crippen molar-refractivity contribution in [1.82, 2.24) is 20.4 Å². The third-order valence-electron chi connectivity index (χ3n) is 2.00. The van der Waals surface area contributed by atoms with Crippen LogP contribution in [0.4, 0.5) is 5.69 Å². The van der Waals surface area contributed by atoms with Crippen molar-refractivity contribution >= 4 is 16.7 Å². The van der Waals surface area contributed by atoms with E-state index in [2.05, 4.69) is 20.4 Å². The summed E-state index contributed by atoms with van der Waals surface area (Å²) < 4.78 is 0. The summed E-state index contributed by atoms with van der Waals surface area (Å²) in [6.45, 7) is 0. The van der Waals surface area contributed by atoms with Crippen LogP contribution in [0, 0.1) is 0 Å². The van der Waals surface area contributed by atoms with Crippen LogP contribution in [0.3, 0.4) is 0 Å². The quantitative estimate of drug-likeness (QED) is 0.589. The molecule has 2 N–H and O–H groups in total. The largest absolute Gasteiger partial charge is 0.399 e. The van der Waals surface area contributed by atoms with Gasteiger partial charge in [-0.15, -0.1) is 10.2 Å². The predicted octanol–water partition coefficient (Wildman–Crippen LogP) is 1.69. The van der Waals surface area contributed by atoms with Gasteiger partial charge in [0, 0.05) is 11.9 Å². The molecular formula is C12H11N5. The fourth-order valence-corrected chi connectivity index (χ4v) is 1.20. The van der Waals surface area contributed by atoms with Crippen molar-refractivity contribution in [3.05, 3.63) is 54.9 Å². The van der Waals surface area contributed by atoms with E-state index in [0.29, 0.717) is 0 Å². The topological polar surface area (TPSA) is 77.6 Å². The second-order valence-corrected chi connectivity index (χ2v) is 3.25. The normalized spacial score (nSPS) is 9.41. The Morgan fingerprint density at radius 3 is 2.35 bits per heavy atom. The molecule has 0 saturated heterocycles. The molecule has 3 rings (SSSR count). The highest BCUT2D eigenvalue weighted by molar-refractivity contribution is 5.71. The zero-order chi connectivity index (χ0) is 11.9. The summed E-state index contributed by atoms with van der Waals surface area (Å²) in [5, 5.41) is 10.8. The summed E-state index contributed by atoms with van der Waals surface area (Å²) in [4.78, 5) is 4.02. The molecule has 0 bridgehead atoms. The summed E-state index contributed by atoms with van der Waals surface area (Å²) in [6, 6.07) is 13.1. The third kappa shape index (κ3) is 3.20. The zero-order valence-corrected chi connectivity index (χ0v) is 9.06. The van der Waals surface area contributed by atoms with Crippen molar-refractivity contribution in [2.24, 2.45) is 0 Å². The zero-order valence-electron chi connectivity index (χ0n) is 9.06. The van der Waals surface area contributed by atoms with Crippen LogP contribution in [-0.2, 0) is 0 Å². The van der Waals surface area contributed by atoms with Gasteiger partial charge in [0.05, 0.1) is 6.20 Å². The SMILES string of the molecule is Nc1ccccc1.c1cnc2cnnnc2c1. The minimum Gasteiger partial charge on any atom is -0.399 e. The number of nitrogens with zero attached hydrogens (tertiary/aromatic N) is 4. The van der Waals surface area contributed by atoms with Gasteiger partial charge in [-0.3, -0.25) is 4.98 Å². The van der Waals surface area contributed by atoms with Crippen LogP contribution in [0.2, 0.25) is 0 Å². The highest BCUT2D eigenvalue weighted by atomic mass is 15.3. The van der Waals surface area contributed by atoms with Gasteiger partial charge in [0.25, 0.3) is 0 Å². The van der Waals surface area contributed by atoms with Gasteiger partial charge in [0.2, 0.25) is 0 Å². The first-order valence-electron chi connectivity index (χ1n) is 5.06. The molecule has 0 radical (unpaired) electrons. The summed E-state index contributed by atoms with van der Waals surface area (Å²) in [7, 11) is 0. The van der Waals surface area contributed by atoms with Gasteiger partial charge in [-0.25, -0.2) is 0 Å². The summed E-state index contributed by atoms with van der Waals surface area (Å²) >= 11 is 0. The molecule has 0 atom stereocenters.